The van der Waals surface area contributed by atoms with Crippen LogP contribution >= 0.6 is 0 Å². The molecule has 0 aliphatic heterocycles. The normalized spacial score (nSPS) is 12.1. The predicted octanol–water partition coefficient (Wildman–Crippen LogP) is 6.65. The molecule has 51 heavy (non-hydrogen) atoms. The molecule has 0 heterocycles. The third-order valence-electron chi connectivity index (χ3n) is 8.55. The lowest BCUT2D eigenvalue weighted by molar-refractivity contribution is -0.145. The average Bonchev–Trinajstić information content (AvgIpc) is 3.47. The van der Waals surface area contributed by atoms with Crippen molar-refractivity contribution < 1.29 is 47.5 Å². The molecule has 286 valence electrons. The Morgan fingerprint density at radius 2 is 0.980 bits per heavy atom. The second-order valence-electron chi connectivity index (χ2n) is 12.5. The lowest BCUT2D eigenvalue weighted by atomic mass is 9.98. The summed E-state index contributed by atoms with van der Waals surface area (Å²) in [4.78, 5) is 25.9. The van der Waals surface area contributed by atoms with Gasteiger partial charge in [0.25, 0.3) is 0 Å². The van der Waals surface area contributed by atoms with E-state index in [1.165, 1.54) is 59.3 Å². The first-order valence-electron chi connectivity index (χ1n) is 18.8. The largest absolute Gasteiger partial charge is 0.463 e. The number of rotatable bonds is 31. The van der Waals surface area contributed by atoms with Crippen LogP contribution in [0, 0.1) is 0 Å². The number of ether oxygens (including phenoxy) is 8. The zero-order valence-electron chi connectivity index (χ0n) is 31.0. The maximum Gasteiger partial charge on any atom is 0.409 e. The molecule has 11 nitrogen and oxygen atoms in total. The minimum Gasteiger partial charge on any atom is -0.463 e. The number of amides is 1. The van der Waals surface area contributed by atoms with Crippen molar-refractivity contribution in [2.45, 2.75) is 64.2 Å². The molecule has 0 aromatic heterocycles. The Hall–Kier alpha value is -3.06. The predicted molar refractivity (Wildman–Crippen MR) is 196 cm³/mol. The van der Waals surface area contributed by atoms with E-state index in [-0.39, 0.29) is 24.6 Å². The maximum atomic E-state index is 12.6. The van der Waals surface area contributed by atoms with Gasteiger partial charge in [-0.1, -0.05) is 94.0 Å². The summed E-state index contributed by atoms with van der Waals surface area (Å²) in [6, 6.07) is 16.6. The molecule has 0 saturated carbocycles. The summed E-state index contributed by atoms with van der Waals surface area (Å²) in [7, 11) is 1.71. The minimum absolute atomic E-state index is 0.0392. The Kier molecular flexibility index (Phi) is 22.9. The number of fused-ring (bicyclic) bond motifs is 3. The topological polar surface area (TPSA) is 111 Å². The fourth-order valence-electron chi connectivity index (χ4n) is 5.71. The molecule has 11 heteroatoms. The van der Waals surface area contributed by atoms with Crippen molar-refractivity contribution in [1.82, 2.24) is 4.90 Å². The molecule has 3 rings (SSSR count). The van der Waals surface area contributed by atoms with Crippen LogP contribution < -0.4 is 0 Å². The van der Waals surface area contributed by atoms with Crippen LogP contribution in [0.2, 0.25) is 0 Å². The van der Waals surface area contributed by atoms with E-state index in [0.29, 0.717) is 98.9 Å². The van der Waals surface area contributed by atoms with Gasteiger partial charge in [0.1, 0.15) is 13.2 Å². The molecular weight excluding hydrogens is 654 g/mol. The molecule has 2 aromatic rings. The van der Waals surface area contributed by atoms with Gasteiger partial charge < -0.3 is 42.8 Å². The average molecular weight is 716 g/mol. The Morgan fingerprint density at radius 3 is 1.49 bits per heavy atom. The van der Waals surface area contributed by atoms with Crippen LogP contribution in [0.5, 0.6) is 0 Å². The first-order valence-corrected chi connectivity index (χ1v) is 18.8. The van der Waals surface area contributed by atoms with Gasteiger partial charge in [0.15, 0.2) is 0 Å². The number of esters is 1. The summed E-state index contributed by atoms with van der Waals surface area (Å²) in [6.07, 6.45) is 8.40. The first kappa shape index (κ1) is 42.4. The second kappa shape index (κ2) is 27.6. The number of carbonyl (C=O) groups is 2. The number of benzene rings is 2. The number of nitrogens with zero attached hydrogens (tertiary/aromatic N) is 1. The molecule has 1 aliphatic carbocycles. The van der Waals surface area contributed by atoms with E-state index in [1.807, 2.05) is 24.3 Å². The smallest absolute Gasteiger partial charge is 0.409 e. The lowest BCUT2D eigenvalue weighted by Gasteiger charge is -2.19. The second-order valence-corrected chi connectivity index (χ2v) is 12.5. The first-order chi connectivity index (χ1) is 25.1. The summed E-state index contributed by atoms with van der Waals surface area (Å²) in [5, 5.41) is 0. The molecule has 0 saturated heterocycles. The molecule has 0 spiro atoms. The molecule has 0 fully saturated rings. The van der Waals surface area contributed by atoms with Gasteiger partial charge in [-0.3, -0.25) is 4.79 Å². The third kappa shape index (κ3) is 17.8. The van der Waals surface area contributed by atoms with Crippen molar-refractivity contribution in [3.8, 4) is 11.1 Å². The number of carbonyl (C=O) groups excluding carboxylic acids is 2. The summed E-state index contributed by atoms with van der Waals surface area (Å²) in [5.41, 5.74) is 4.80. The van der Waals surface area contributed by atoms with Gasteiger partial charge in [-0.25, -0.2) is 4.79 Å². The van der Waals surface area contributed by atoms with Crippen molar-refractivity contribution in [3.63, 3.8) is 0 Å². The van der Waals surface area contributed by atoms with E-state index in [9.17, 15) is 9.59 Å². The molecular formula is C40H61NO10. The highest BCUT2D eigenvalue weighted by Crippen LogP contribution is 2.44. The molecule has 0 bridgehead atoms. The molecule has 0 radical (unpaired) electrons. The monoisotopic (exact) mass is 715 g/mol. The summed E-state index contributed by atoms with van der Waals surface area (Å²) >= 11 is 0. The van der Waals surface area contributed by atoms with E-state index >= 15 is 0 Å². The summed E-state index contributed by atoms with van der Waals surface area (Å²) < 4.78 is 44.0. The quantitative estimate of drug-likeness (QED) is 0.0622. The fourth-order valence-corrected chi connectivity index (χ4v) is 5.71. The molecule has 0 N–H and O–H groups in total. The number of hydrogen-bond donors (Lipinski definition) is 0. The Labute approximate surface area is 305 Å². The molecule has 0 atom stereocenters. The van der Waals surface area contributed by atoms with E-state index in [4.69, 9.17) is 37.9 Å². The van der Waals surface area contributed by atoms with Gasteiger partial charge >= 0.3 is 12.1 Å². The van der Waals surface area contributed by atoms with Crippen molar-refractivity contribution in [2.24, 2.45) is 0 Å². The maximum absolute atomic E-state index is 12.6. The van der Waals surface area contributed by atoms with Crippen molar-refractivity contribution >= 4 is 12.1 Å². The van der Waals surface area contributed by atoms with Gasteiger partial charge in [-0.15, -0.1) is 0 Å². The third-order valence-corrected chi connectivity index (χ3v) is 8.55. The van der Waals surface area contributed by atoms with Gasteiger partial charge in [0.05, 0.1) is 79.3 Å². The van der Waals surface area contributed by atoms with E-state index < -0.39 is 0 Å². The van der Waals surface area contributed by atoms with Gasteiger partial charge in [-0.2, -0.15) is 0 Å². The molecule has 1 amide bonds. The van der Waals surface area contributed by atoms with Crippen LogP contribution in [0.15, 0.2) is 48.5 Å². The Balaban J connectivity index is 1.01. The molecule has 2 aromatic carbocycles. The van der Waals surface area contributed by atoms with Crippen LogP contribution in [0.3, 0.4) is 0 Å². The Morgan fingerprint density at radius 1 is 0.549 bits per heavy atom. The Bertz CT molecular complexity index is 1170. The van der Waals surface area contributed by atoms with Crippen molar-refractivity contribution in [3.05, 3.63) is 59.7 Å². The van der Waals surface area contributed by atoms with E-state index in [0.717, 1.165) is 12.8 Å². The van der Waals surface area contributed by atoms with Crippen LogP contribution in [0.25, 0.3) is 11.1 Å². The minimum atomic E-state index is -0.364. The van der Waals surface area contributed by atoms with Crippen molar-refractivity contribution in [1.29, 1.82) is 0 Å². The van der Waals surface area contributed by atoms with E-state index in [2.05, 4.69) is 31.2 Å². The van der Waals surface area contributed by atoms with Crippen LogP contribution in [-0.4, -0.2) is 123 Å². The zero-order valence-corrected chi connectivity index (χ0v) is 31.0. The molecule has 0 unspecified atom stereocenters. The SMILES string of the molecule is CCCCCCCCCC(=O)OCCOCCOCCOCCOCCOCCOCCN(C)C(=O)OCC1c2ccccc2-c2ccccc21. The van der Waals surface area contributed by atoms with Crippen LogP contribution in [0.4, 0.5) is 4.79 Å². The number of hydrogen-bond acceptors (Lipinski definition) is 10. The number of likely N-dealkylation sites (N-methyl/N-ethyl adjacent to an activating group) is 1. The highest BCUT2D eigenvalue weighted by atomic mass is 16.6. The van der Waals surface area contributed by atoms with Gasteiger partial charge in [0, 0.05) is 25.9 Å². The summed E-state index contributed by atoms with van der Waals surface area (Å²) in [5.74, 6) is -0.106. The lowest BCUT2D eigenvalue weighted by Crippen LogP contribution is -2.32. The number of unbranched alkanes of at least 4 members (excludes halogenated alkanes) is 6. The standard InChI is InChI=1S/C40H61NO10/c1-3-4-5-6-7-8-9-18-39(42)50-32-31-49-30-29-48-28-27-47-26-25-46-24-23-45-22-21-44-20-19-41(2)40(43)51-33-38-36-16-12-10-14-34(36)35-15-11-13-17-37(35)38/h10-17,38H,3-9,18-33H2,1-2H3. The van der Waals surface area contributed by atoms with Crippen LogP contribution in [0.1, 0.15) is 75.3 Å². The zero-order chi connectivity index (χ0) is 36.2. The van der Waals surface area contributed by atoms with Crippen LogP contribution in [-0.2, 0) is 42.7 Å². The highest BCUT2D eigenvalue weighted by Gasteiger charge is 2.29. The molecule has 1 aliphatic rings. The van der Waals surface area contributed by atoms with E-state index in [1.54, 1.807) is 7.05 Å². The summed E-state index contributed by atoms with van der Waals surface area (Å²) in [6.45, 7) is 8.60. The van der Waals surface area contributed by atoms with Crippen molar-refractivity contribution in [2.75, 3.05) is 106 Å². The van der Waals surface area contributed by atoms with Gasteiger partial charge in [0.2, 0.25) is 0 Å². The van der Waals surface area contributed by atoms with Gasteiger partial charge in [-0.05, 0) is 28.7 Å². The fraction of sp³-hybridized carbons (Fsp3) is 0.650. The highest BCUT2D eigenvalue weighted by molar-refractivity contribution is 5.79.